The van der Waals surface area contributed by atoms with Gasteiger partial charge in [0, 0.05) is 17.1 Å². The van der Waals surface area contributed by atoms with Crippen LogP contribution < -0.4 is 4.90 Å². The number of hydrogen-bond donors (Lipinski definition) is 0. The summed E-state index contributed by atoms with van der Waals surface area (Å²) in [6.07, 6.45) is 0. The first-order valence-electron chi connectivity index (χ1n) is 18.8. The van der Waals surface area contributed by atoms with Gasteiger partial charge in [-0.25, -0.2) is 0 Å². The van der Waals surface area contributed by atoms with E-state index in [1.807, 2.05) is 33.8 Å². The Hall–Kier alpha value is -6.18. The fraction of sp³-hybridized carbons (Fsp3) is 0.115. The average molecular weight is 690 g/mol. The highest BCUT2D eigenvalue weighted by atomic mass is 15.1. The SMILES string of the molecule is CC.CC.Cc1ccc(-c2ccc(N(c3cccc(-c4ccccc4)c3)c3ccc4ccccc4c3)cc2)cc1.Cc1ccc(-c2ccccc2)cc1. The lowest BCUT2D eigenvalue weighted by Crippen LogP contribution is -2.10. The molecule has 0 heterocycles. The minimum absolute atomic E-state index is 1.13. The van der Waals surface area contributed by atoms with E-state index in [2.05, 4.69) is 213 Å². The highest BCUT2D eigenvalue weighted by Gasteiger charge is 2.14. The quantitative estimate of drug-likeness (QED) is 0.168. The molecule has 8 aromatic rings. The Balaban J connectivity index is 0.000000266. The second-order valence-electron chi connectivity index (χ2n) is 12.4. The minimum atomic E-state index is 1.13. The Morgan fingerprint density at radius 3 is 1.17 bits per heavy atom. The zero-order valence-electron chi connectivity index (χ0n) is 32.0. The second-order valence-corrected chi connectivity index (χ2v) is 12.4. The van der Waals surface area contributed by atoms with Crippen molar-refractivity contribution in [3.05, 3.63) is 211 Å². The van der Waals surface area contributed by atoms with Gasteiger partial charge >= 0.3 is 0 Å². The van der Waals surface area contributed by atoms with Crippen LogP contribution >= 0.6 is 0 Å². The van der Waals surface area contributed by atoms with E-state index in [4.69, 9.17) is 0 Å². The summed E-state index contributed by atoms with van der Waals surface area (Å²) in [6.45, 7) is 12.2. The third-order valence-electron chi connectivity index (χ3n) is 8.87. The van der Waals surface area contributed by atoms with Crippen molar-refractivity contribution >= 4 is 27.8 Å². The van der Waals surface area contributed by atoms with E-state index >= 15 is 0 Å². The molecule has 0 N–H and O–H groups in total. The van der Waals surface area contributed by atoms with Crippen LogP contribution in [0.3, 0.4) is 0 Å². The van der Waals surface area contributed by atoms with E-state index in [9.17, 15) is 0 Å². The largest absolute Gasteiger partial charge is 0.310 e. The monoisotopic (exact) mass is 689 g/mol. The van der Waals surface area contributed by atoms with Crippen LogP contribution in [0.25, 0.3) is 44.2 Å². The lowest BCUT2D eigenvalue weighted by atomic mass is 10.0. The second kappa shape index (κ2) is 19.4. The van der Waals surface area contributed by atoms with Gasteiger partial charge in [-0.1, -0.05) is 203 Å². The van der Waals surface area contributed by atoms with Crippen LogP contribution in [-0.4, -0.2) is 0 Å². The highest BCUT2D eigenvalue weighted by Crippen LogP contribution is 2.38. The van der Waals surface area contributed by atoms with E-state index in [-0.39, 0.29) is 0 Å². The predicted molar refractivity (Wildman–Crippen MR) is 234 cm³/mol. The fourth-order valence-corrected chi connectivity index (χ4v) is 6.14. The molecule has 0 spiro atoms. The maximum atomic E-state index is 2.35. The standard InChI is InChI=1S/C35H27N.C13H12.2C2H6/c1-26-14-16-29(17-15-26)30-18-21-33(22-19-30)36(35-23-20-28-10-5-6-11-31(28)25-35)34-13-7-12-32(24-34)27-8-3-2-4-9-27;1-11-7-9-13(10-8-11)12-5-3-2-4-6-12;2*1-2/h2-25H,1H3;2-10H,1H3;2*1-2H3. The third kappa shape index (κ3) is 10.00. The summed E-state index contributed by atoms with van der Waals surface area (Å²) < 4.78 is 0. The third-order valence-corrected chi connectivity index (χ3v) is 8.87. The van der Waals surface area contributed by atoms with Gasteiger partial charge in [0.2, 0.25) is 0 Å². The van der Waals surface area contributed by atoms with Crippen LogP contribution in [0, 0.1) is 13.8 Å². The molecule has 53 heavy (non-hydrogen) atoms. The van der Waals surface area contributed by atoms with Crippen molar-refractivity contribution in [1.29, 1.82) is 0 Å². The van der Waals surface area contributed by atoms with Crippen molar-refractivity contribution in [2.45, 2.75) is 41.5 Å². The number of fused-ring (bicyclic) bond motifs is 1. The number of hydrogen-bond acceptors (Lipinski definition) is 1. The Morgan fingerprint density at radius 1 is 0.264 bits per heavy atom. The molecule has 264 valence electrons. The molecule has 0 radical (unpaired) electrons. The van der Waals surface area contributed by atoms with Crippen LogP contribution in [0.2, 0.25) is 0 Å². The topological polar surface area (TPSA) is 3.24 Å². The molecular weight excluding hydrogens is 639 g/mol. The normalized spacial score (nSPS) is 10.1. The van der Waals surface area contributed by atoms with Crippen molar-refractivity contribution in [3.8, 4) is 33.4 Å². The summed E-state index contributed by atoms with van der Waals surface area (Å²) in [7, 11) is 0. The molecule has 0 saturated carbocycles. The van der Waals surface area contributed by atoms with Crippen LogP contribution in [0.4, 0.5) is 17.1 Å². The minimum Gasteiger partial charge on any atom is -0.310 e. The first-order valence-corrected chi connectivity index (χ1v) is 18.8. The van der Waals surface area contributed by atoms with Crippen LogP contribution in [0.5, 0.6) is 0 Å². The lowest BCUT2D eigenvalue weighted by Gasteiger charge is -2.26. The summed E-state index contributed by atoms with van der Waals surface area (Å²) in [5.74, 6) is 0. The van der Waals surface area contributed by atoms with Crippen molar-refractivity contribution < 1.29 is 0 Å². The molecule has 8 aromatic carbocycles. The summed E-state index contributed by atoms with van der Waals surface area (Å²) in [6, 6.07) is 71.2. The van der Waals surface area contributed by atoms with Gasteiger partial charge in [0.15, 0.2) is 0 Å². The molecule has 0 bridgehead atoms. The molecule has 8 rings (SSSR count). The molecule has 0 aliphatic carbocycles. The molecule has 0 unspecified atom stereocenters. The number of benzene rings is 8. The van der Waals surface area contributed by atoms with Crippen molar-refractivity contribution in [1.82, 2.24) is 0 Å². The van der Waals surface area contributed by atoms with Crippen molar-refractivity contribution in [3.63, 3.8) is 0 Å². The van der Waals surface area contributed by atoms with Gasteiger partial charge < -0.3 is 4.90 Å². The van der Waals surface area contributed by atoms with Gasteiger partial charge in [0.1, 0.15) is 0 Å². The number of aryl methyl sites for hydroxylation is 2. The molecule has 0 amide bonds. The number of anilines is 3. The average Bonchev–Trinajstić information content (AvgIpc) is 3.24. The summed E-state index contributed by atoms with van der Waals surface area (Å²) in [5, 5.41) is 2.48. The van der Waals surface area contributed by atoms with E-state index in [1.54, 1.807) is 0 Å². The molecule has 0 aliphatic rings. The van der Waals surface area contributed by atoms with Gasteiger partial charge in [0.05, 0.1) is 0 Å². The van der Waals surface area contributed by atoms with Gasteiger partial charge in [-0.05, 0) is 94.4 Å². The van der Waals surface area contributed by atoms with Crippen LogP contribution in [0.15, 0.2) is 200 Å². The Kier molecular flexibility index (Phi) is 14.0. The molecule has 0 aliphatic heterocycles. The van der Waals surface area contributed by atoms with Crippen molar-refractivity contribution in [2.75, 3.05) is 4.90 Å². The predicted octanol–water partition coefficient (Wildman–Crippen LogP) is 15.7. The molecule has 1 nitrogen and oxygen atoms in total. The van der Waals surface area contributed by atoms with Crippen LogP contribution in [-0.2, 0) is 0 Å². The molecule has 0 fully saturated rings. The fourth-order valence-electron chi connectivity index (χ4n) is 6.14. The van der Waals surface area contributed by atoms with E-state index < -0.39 is 0 Å². The lowest BCUT2D eigenvalue weighted by molar-refractivity contribution is 1.29. The van der Waals surface area contributed by atoms with E-state index in [0.29, 0.717) is 0 Å². The van der Waals surface area contributed by atoms with Gasteiger partial charge in [-0.15, -0.1) is 0 Å². The number of nitrogens with zero attached hydrogens (tertiary/aromatic N) is 1. The summed E-state index contributed by atoms with van der Waals surface area (Å²) >= 11 is 0. The first kappa shape index (κ1) is 38.1. The first-order chi connectivity index (χ1) is 26.1. The van der Waals surface area contributed by atoms with Crippen LogP contribution in [0.1, 0.15) is 38.8 Å². The summed E-state index contributed by atoms with van der Waals surface area (Å²) in [4.78, 5) is 2.35. The maximum absolute atomic E-state index is 2.35. The van der Waals surface area contributed by atoms with Crippen molar-refractivity contribution in [2.24, 2.45) is 0 Å². The Labute approximate surface area is 317 Å². The van der Waals surface area contributed by atoms with Gasteiger partial charge in [-0.2, -0.15) is 0 Å². The molecular formula is C52H51N. The Bertz CT molecular complexity index is 2250. The van der Waals surface area contributed by atoms with E-state index in [1.165, 1.54) is 55.3 Å². The molecule has 0 atom stereocenters. The summed E-state index contributed by atoms with van der Waals surface area (Å²) in [5.41, 5.74) is 13.4. The highest BCUT2D eigenvalue weighted by molar-refractivity contribution is 5.90. The number of rotatable bonds is 6. The maximum Gasteiger partial charge on any atom is 0.0468 e. The smallest absolute Gasteiger partial charge is 0.0468 e. The van der Waals surface area contributed by atoms with Gasteiger partial charge in [-0.3, -0.25) is 0 Å². The van der Waals surface area contributed by atoms with E-state index in [0.717, 1.165) is 17.1 Å². The molecule has 1 heteroatoms. The molecule has 0 aromatic heterocycles. The van der Waals surface area contributed by atoms with Gasteiger partial charge in [0.25, 0.3) is 0 Å². The Morgan fingerprint density at radius 2 is 0.642 bits per heavy atom. The zero-order valence-corrected chi connectivity index (χ0v) is 32.0. The molecule has 0 saturated heterocycles. The zero-order chi connectivity index (χ0) is 37.4.